The second-order valence-corrected chi connectivity index (χ2v) is 6.21. The summed E-state index contributed by atoms with van der Waals surface area (Å²) < 4.78 is 0. The maximum atomic E-state index is 12.3. The van der Waals surface area contributed by atoms with Crippen LogP contribution in [0.3, 0.4) is 0 Å². The Kier molecular flexibility index (Phi) is 5.28. The van der Waals surface area contributed by atoms with Crippen LogP contribution in [0.2, 0.25) is 0 Å². The highest BCUT2D eigenvalue weighted by molar-refractivity contribution is 5.85. The largest absolute Gasteiger partial charge is 0.352 e. The number of aryl methyl sites for hydroxylation is 1. The summed E-state index contributed by atoms with van der Waals surface area (Å²) in [5, 5.41) is 6.53. The minimum atomic E-state index is 0. The first-order chi connectivity index (χ1) is 9.75. The van der Waals surface area contributed by atoms with Crippen LogP contribution in [0.25, 0.3) is 0 Å². The number of hydrogen-bond acceptors (Lipinski definition) is 2. The summed E-state index contributed by atoms with van der Waals surface area (Å²) in [5.41, 5.74) is 2.92. The number of benzene rings is 1. The molecule has 1 aromatic carbocycles. The first kappa shape index (κ1) is 16.3. The van der Waals surface area contributed by atoms with Gasteiger partial charge < -0.3 is 10.6 Å². The highest BCUT2D eigenvalue weighted by Crippen LogP contribution is 2.58. The van der Waals surface area contributed by atoms with Crippen LogP contribution in [0.1, 0.15) is 37.3 Å². The summed E-state index contributed by atoms with van der Waals surface area (Å²) in [4.78, 5) is 12.3. The highest BCUT2D eigenvalue weighted by atomic mass is 35.5. The SMILES string of the molecule is CCc1ccccc1CNC(=O)C1CC12CCNCC2.Cl. The Morgan fingerprint density at radius 1 is 1.29 bits per heavy atom. The molecule has 1 aliphatic carbocycles. The van der Waals surface area contributed by atoms with E-state index in [1.807, 2.05) is 6.07 Å². The lowest BCUT2D eigenvalue weighted by molar-refractivity contribution is -0.123. The number of halogens is 1. The Bertz CT molecular complexity index is 497. The predicted molar refractivity (Wildman–Crippen MR) is 87.6 cm³/mol. The summed E-state index contributed by atoms with van der Waals surface area (Å²) in [7, 11) is 0. The van der Waals surface area contributed by atoms with E-state index in [0.717, 1.165) is 38.8 Å². The van der Waals surface area contributed by atoms with Crippen molar-refractivity contribution >= 4 is 18.3 Å². The van der Waals surface area contributed by atoms with E-state index in [0.29, 0.717) is 12.0 Å². The molecule has 2 aliphatic rings. The topological polar surface area (TPSA) is 41.1 Å². The van der Waals surface area contributed by atoms with Crippen molar-refractivity contribution in [1.29, 1.82) is 0 Å². The molecule has 1 heterocycles. The van der Waals surface area contributed by atoms with E-state index in [2.05, 4.69) is 35.8 Å². The molecule has 2 N–H and O–H groups in total. The fourth-order valence-corrected chi connectivity index (χ4v) is 3.58. The maximum absolute atomic E-state index is 12.3. The molecule has 1 atom stereocenters. The van der Waals surface area contributed by atoms with Crippen LogP contribution in [0.5, 0.6) is 0 Å². The van der Waals surface area contributed by atoms with Crippen LogP contribution < -0.4 is 10.6 Å². The molecule has 3 rings (SSSR count). The van der Waals surface area contributed by atoms with Crippen molar-refractivity contribution in [1.82, 2.24) is 10.6 Å². The molecule has 0 aromatic heterocycles. The maximum Gasteiger partial charge on any atom is 0.223 e. The zero-order valence-corrected chi connectivity index (χ0v) is 13.5. The number of amides is 1. The lowest BCUT2D eigenvalue weighted by Gasteiger charge is -2.23. The molecule has 1 spiro atoms. The Labute approximate surface area is 133 Å². The molecule has 1 aliphatic heterocycles. The average molecular weight is 309 g/mol. The van der Waals surface area contributed by atoms with Gasteiger partial charge in [-0.25, -0.2) is 0 Å². The number of nitrogens with one attached hydrogen (secondary N) is 2. The summed E-state index contributed by atoms with van der Waals surface area (Å²) in [6.45, 7) is 4.98. The molecule has 21 heavy (non-hydrogen) atoms. The normalized spacial score (nSPS) is 22.4. The van der Waals surface area contributed by atoms with Crippen molar-refractivity contribution < 1.29 is 4.79 Å². The van der Waals surface area contributed by atoms with Gasteiger partial charge >= 0.3 is 0 Å². The van der Waals surface area contributed by atoms with Gasteiger partial charge in [0.1, 0.15) is 0 Å². The quantitative estimate of drug-likeness (QED) is 0.898. The minimum Gasteiger partial charge on any atom is -0.352 e. The number of carbonyl (C=O) groups is 1. The molecule has 1 amide bonds. The van der Waals surface area contributed by atoms with Crippen LogP contribution in [-0.2, 0) is 17.8 Å². The molecule has 1 unspecified atom stereocenters. The van der Waals surface area contributed by atoms with Crippen molar-refractivity contribution in [2.75, 3.05) is 13.1 Å². The summed E-state index contributed by atoms with van der Waals surface area (Å²) >= 11 is 0. The summed E-state index contributed by atoms with van der Waals surface area (Å²) in [6, 6.07) is 8.38. The Balaban J connectivity index is 0.00000161. The van der Waals surface area contributed by atoms with E-state index in [1.54, 1.807) is 0 Å². The van der Waals surface area contributed by atoms with Gasteiger partial charge in [0.15, 0.2) is 0 Å². The molecule has 1 saturated carbocycles. The van der Waals surface area contributed by atoms with E-state index in [4.69, 9.17) is 0 Å². The van der Waals surface area contributed by atoms with Crippen molar-refractivity contribution in [3.8, 4) is 0 Å². The third-order valence-corrected chi connectivity index (χ3v) is 5.06. The van der Waals surface area contributed by atoms with Crippen LogP contribution in [0.15, 0.2) is 24.3 Å². The molecule has 1 aromatic rings. The molecule has 2 fully saturated rings. The van der Waals surface area contributed by atoms with Crippen LogP contribution >= 0.6 is 12.4 Å². The second-order valence-electron chi connectivity index (χ2n) is 6.21. The molecule has 1 saturated heterocycles. The standard InChI is InChI=1S/C17H24N2O.ClH/c1-2-13-5-3-4-6-14(13)12-19-16(20)15-11-17(15)7-9-18-10-8-17;/h3-6,15,18H,2,7-12H2,1H3,(H,19,20);1H. The van der Waals surface area contributed by atoms with Crippen LogP contribution in [0.4, 0.5) is 0 Å². The van der Waals surface area contributed by atoms with Gasteiger partial charge in [-0.3, -0.25) is 4.79 Å². The van der Waals surface area contributed by atoms with Crippen molar-refractivity contribution in [3.05, 3.63) is 35.4 Å². The molecule has 116 valence electrons. The van der Waals surface area contributed by atoms with Gasteiger partial charge in [0.25, 0.3) is 0 Å². The van der Waals surface area contributed by atoms with Crippen molar-refractivity contribution in [2.24, 2.45) is 11.3 Å². The monoisotopic (exact) mass is 308 g/mol. The molecular formula is C17H25ClN2O. The number of carbonyl (C=O) groups excluding carboxylic acids is 1. The van der Waals surface area contributed by atoms with Crippen LogP contribution in [0, 0.1) is 11.3 Å². The molecule has 0 radical (unpaired) electrons. The first-order valence-electron chi connectivity index (χ1n) is 7.80. The van der Waals surface area contributed by atoms with E-state index >= 15 is 0 Å². The summed E-state index contributed by atoms with van der Waals surface area (Å²) in [6.07, 6.45) is 4.44. The van der Waals surface area contributed by atoms with Gasteiger partial charge in [0.05, 0.1) is 0 Å². The Hall–Kier alpha value is -1.06. The number of piperidine rings is 1. The smallest absolute Gasteiger partial charge is 0.223 e. The van der Waals surface area contributed by atoms with Crippen molar-refractivity contribution in [3.63, 3.8) is 0 Å². The average Bonchev–Trinajstić information content (AvgIpc) is 3.19. The second kappa shape index (κ2) is 6.80. The third kappa shape index (κ3) is 3.41. The number of hydrogen-bond donors (Lipinski definition) is 2. The Morgan fingerprint density at radius 3 is 2.62 bits per heavy atom. The molecular weight excluding hydrogens is 284 g/mol. The van der Waals surface area contributed by atoms with Crippen molar-refractivity contribution in [2.45, 2.75) is 39.2 Å². The molecule has 3 nitrogen and oxygen atoms in total. The predicted octanol–water partition coefficient (Wildman–Crippen LogP) is 2.68. The van der Waals surface area contributed by atoms with Gasteiger partial charge in [0, 0.05) is 12.5 Å². The number of rotatable bonds is 4. The fraction of sp³-hybridized carbons (Fsp3) is 0.588. The minimum absolute atomic E-state index is 0. The van der Waals surface area contributed by atoms with Gasteiger partial charge in [-0.1, -0.05) is 31.2 Å². The van der Waals surface area contributed by atoms with Gasteiger partial charge in [-0.15, -0.1) is 12.4 Å². The van der Waals surface area contributed by atoms with E-state index in [9.17, 15) is 4.79 Å². The summed E-state index contributed by atoms with van der Waals surface area (Å²) in [5.74, 6) is 0.524. The van der Waals surface area contributed by atoms with Gasteiger partial charge in [-0.2, -0.15) is 0 Å². The van der Waals surface area contributed by atoms with Crippen LogP contribution in [-0.4, -0.2) is 19.0 Å². The highest BCUT2D eigenvalue weighted by Gasteiger charge is 2.57. The zero-order valence-electron chi connectivity index (χ0n) is 12.7. The van der Waals surface area contributed by atoms with Gasteiger partial charge in [-0.05, 0) is 55.3 Å². The fourth-order valence-electron chi connectivity index (χ4n) is 3.58. The van der Waals surface area contributed by atoms with E-state index in [-0.39, 0.29) is 24.2 Å². The lowest BCUT2D eigenvalue weighted by atomic mass is 9.92. The molecule has 0 bridgehead atoms. The third-order valence-electron chi connectivity index (χ3n) is 5.06. The van der Waals surface area contributed by atoms with E-state index < -0.39 is 0 Å². The zero-order chi connectivity index (χ0) is 14.0. The Morgan fingerprint density at radius 2 is 1.95 bits per heavy atom. The first-order valence-corrected chi connectivity index (χ1v) is 7.80. The molecule has 4 heteroatoms. The lowest BCUT2D eigenvalue weighted by Crippen LogP contribution is -2.33. The van der Waals surface area contributed by atoms with E-state index in [1.165, 1.54) is 11.1 Å². The van der Waals surface area contributed by atoms with Gasteiger partial charge in [0.2, 0.25) is 5.91 Å².